The predicted octanol–water partition coefficient (Wildman–Crippen LogP) is 1.35. The first-order chi connectivity index (χ1) is 10.1. The number of benzene rings is 1. The van der Waals surface area contributed by atoms with Crippen molar-refractivity contribution in [3.05, 3.63) is 42.2 Å². The first-order valence-corrected chi connectivity index (χ1v) is 6.98. The molecule has 1 atom stereocenters. The molecule has 4 N–H and O–H groups in total. The van der Waals surface area contributed by atoms with Crippen LogP contribution < -0.4 is 11.1 Å². The number of anilines is 1. The van der Waals surface area contributed by atoms with Crippen LogP contribution in [-0.2, 0) is 0 Å². The molecule has 112 valence electrons. The highest BCUT2D eigenvalue weighted by atomic mass is 16.3. The maximum atomic E-state index is 11.9. The van der Waals surface area contributed by atoms with Crippen LogP contribution in [0.15, 0.2) is 36.5 Å². The normalized spacial score (nSPS) is 12.1. The number of aliphatic hydroxyl groups is 1. The van der Waals surface area contributed by atoms with Crippen molar-refractivity contribution in [1.29, 1.82) is 0 Å². The molecule has 6 nitrogen and oxygen atoms in total. The van der Waals surface area contributed by atoms with Gasteiger partial charge in [-0.3, -0.25) is 4.79 Å². The van der Waals surface area contributed by atoms with Gasteiger partial charge in [0.15, 0.2) is 5.69 Å². The molecule has 1 aromatic carbocycles. The summed E-state index contributed by atoms with van der Waals surface area (Å²) in [7, 11) is 0. The van der Waals surface area contributed by atoms with Gasteiger partial charge in [-0.15, -0.1) is 0 Å². The van der Waals surface area contributed by atoms with Gasteiger partial charge in [0, 0.05) is 12.7 Å². The van der Waals surface area contributed by atoms with E-state index in [9.17, 15) is 9.90 Å². The van der Waals surface area contributed by atoms with E-state index >= 15 is 0 Å². The van der Waals surface area contributed by atoms with Crippen molar-refractivity contribution in [2.45, 2.75) is 25.9 Å². The van der Waals surface area contributed by atoms with Gasteiger partial charge in [-0.25, -0.2) is 4.68 Å². The van der Waals surface area contributed by atoms with Gasteiger partial charge in [-0.05, 0) is 31.0 Å². The molecule has 0 saturated heterocycles. The Kier molecular flexibility index (Phi) is 4.94. The Labute approximate surface area is 123 Å². The van der Waals surface area contributed by atoms with Crippen LogP contribution in [0.3, 0.4) is 0 Å². The smallest absolute Gasteiger partial charge is 0.271 e. The highest BCUT2D eigenvalue weighted by Gasteiger charge is 2.11. The van der Waals surface area contributed by atoms with Gasteiger partial charge in [-0.1, -0.05) is 19.1 Å². The molecule has 0 radical (unpaired) electrons. The number of hydrogen-bond acceptors (Lipinski definition) is 4. The fourth-order valence-corrected chi connectivity index (χ4v) is 1.92. The van der Waals surface area contributed by atoms with E-state index in [0.29, 0.717) is 30.8 Å². The zero-order chi connectivity index (χ0) is 15.2. The van der Waals surface area contributed by atoms with E-state index in [1.165, 1.54) is 0 Å². The average molecular weight is 288 g/mol. The monoisotopic (exact) mass is 288 g/mol. The van der Waals surface area contributed by atoms with Crippen molar-refractivity contribution in [1.82, 2.24) is 15.1 Å². The summed E-state index contributed by atoms with van der Waals surface area (Å²) in [5.41, 5.74) is 7.53. The Balaban J connectivity index is 2.00. The highest BCUT2D eigenvalue weighted by molar-refractivity contribution is 5.92. The van der Waals surface area contributed by atoms with Gasteiger partial charge in [0.25, 0.3) is 5.91 Å². The number of amides is 1. The number of para-hydroxylation sites is 2. The third-order valence-corrected chi connectivity index (χ3v) is 3.24. The Hall–Kier alpha value is -2.34. The number of nitrogens with one attached hydrogen (secondary N) is 1. The molecule has 21 heavy (non-hydrogen) atoms. The van der Waals surface area contributed by atoms with Crippen LogP contribution in [0.25, 0.3) is 5.69 Å². The molecule has 0 aliphatic carbocycles. The fraction of sp³-hybridized carbons (Fsp3) is 0.333. The maximum Gasteiger partial charge on any atom is 0.271 e. The number of nitrogen functional groups attached to an aromatic ring is 1. The summed E-state index contributed by atoms with van der Waals surface area (Å²) in [5.74, 6) is -0.258. The molecule has 0 saturated carbocycles. The summed E-state index contributed by atoms with van der Waals surface area (Å²) in [6, 6.07) is 8.96. The van der Waals surface area contributed by atoms with E-state index in [0.717, 1.165) is 5.69 Å². The highest BCUT2D eigenvalue weighted by Crippen LogP contribution is 2.15. The van der Waals surface area contributed by atoms with Crippen molar-refractivity contribution in [2.24, 2.45) is 0 Å². The molecule has 1 aromatic heterocycles. The molecule has 6 heteroatoms. The summed E-state index contributed by atoms with van der Waals surface area (Å²) in [5, 5.41) is 16.4. The standard InChI is InChI=1S/C15H20N4O2/c1-2-11(20)7-9-17-15(21)13-8-10-19(18-13)14-6-4-3-5-12(14)16/h3-6,8,10-11,20H,2,7,9,16H2,1H3,(H,17,21). The molecule has 1 unspecified atom stereocenters. The first-order valence-electron chi connectivity index (χ1n) is 6.98. The maximum absolute atomic E-state index is 11.9. The second-order valence-corrected chi connectivity index (χ2v) is 4.81. The summed E-state index contributed by atoms with van der Waals surface area (Å²) in [4.78, 5) is 11.9. The van der Waals surface area contributed by atoms with Crippen LogP contribution in [0, 0.1) is 0 Å². The minimum atomic E-state index is -0.382. The predicted molar refractivity (Wildman–Crippen MR) is 81.2 cm³/mol. The zero-order valence-corrected chi connectivity index (χ0v) is 12.0. The Morgan fingerprint density at radius 2 is 2.19 bits per heavy atom. The van der Waals surface area contributed by atoms with E-state index in [2.05, 4.69) is 10.4 Å². The van der Waals surface area contributed by atoms with Gasteiger partial charge in [0.1, 0.15) is 0 Å². The number of carbonyl (C=O) groups is 1. The summed E-state index contributed by atoms with van der Waals surface area (Å²) >= 11 is 0. The van der Waals surface area contributed by atoms with Gasteiger partial charge in [0.2, 0.25) is 0 Å². The summed E-state index contributed by atoms with van der Waals surface area (Å²) < 4.78 is 1.57. The topological polar surface area (TPSA) is 93.2 Å². The van der Waals surface area contributed by atoms with Gasteiger partial charge in [0.05, 0.1) is 17.5 Å². The largest absolute Gasteiger partial charge is 0.397 e. The average Bonchev–Trinajstić information content (AvgIpc) is 2.97. The lowest BCUT2D eigenvalue weighted by Crippen LogP contribution is -2.27. The van der Waals surface area contributed by atoms with E-state index in [1.54, 1.807) is 23.0 Å². The SMILES string of the molecule is CCC(O)CCNC(=O)c1ccn(-c2ccccc2N)n1. The van der Waals surface area contributed by atoms with E-state index < -0.39 is 0 Å². The molecule has 0 bridgehead atoms. The van der Waals surface area contributed by atoms with E-state index in [1.807, 2.05) is 25.1 Å². The summed E-state index contributed by atoms with van der Waals surface area (Å²) in [6.45, 7) is 2.33. The summed E-state index contributed by atoms with van der Waals surface area (Å²) in [6.07, 6.45) is 2.53. The number of nitrogens with two attached hydrogens (primary N) is 1. The van der Waals surface area contributed by atoms with Crippen LogP contribution in [0.4, 0.5) is 5.69 Å². The minimum absolute atomic E-state index is 0.258. The van der Waals surface area contributed by atoms with E-state index in [4.69, 9.17) is 5.73 Å². The molecule has 0 aliphatic rings. The molecule has 1 amide bonds. The van der Waals surface area contributed by atoms with Gasteiger partial charge in [-0.2, -0.15) is 5.10 Å². The van der Waals surface area contributed by atoms with Crippen molar-refractivity contribution < 1.29 is 9.90 Å². The number of aromatic nitrogens is 2. The lowest BCUT2D eigenvalue weighted by Gasteiger charge is -2.08. The number of rotatable bonds is 6. The van der Waals surface area contributed by atoms with E-state index in [-0.39, 0.29) is 12.0 Å². The van der Waals surface area contributed by atoms with Crippen molar-refractivity contribution in [2.75, 3.05) is 12.3 Å². The van der Waals surface area contributed by atoms with Crippen molar-refractivity contribution in [3.63, 3.8) is 0 Å². The Bertz CT molecular complexity index is 609. The molecular weight excluding hydrogens is 268 g/mol. The van der Waals surface area contributed by atoms with Crippen molar-refractivity contribution in [3.8, 4) is 5.69 Å². The lowest BCUT2D eigenvalue weighted by atomic mass is 10.2. The van der Waals surface area contributed by atoms with Gasteiger partial charge < -0.3 is 16.2 Å². The quantitative estimate of drug-likeness (QED) is 0.699. The molecule has 0 fully saturated rings. The van der Waals surface area contributed by atoms with Crippen LogP contribution in [0.1, 0.15) is 30.3 Å². The lowest BCUT2D eigenvalue weighted by molar-refractivity contribution is 0.0936. The number of aliphatic hydroxyl groups excluding tert-OH is 1. The van der Waals surface area contributed by atoms with Crippen molar-refractivity contribution >= 4 is 11.6 Å². The second-order valence-electron chi connectivity index (χ2n) is 4.81. The molecule has 0 aliphatic heterocycles. The molecular formula is C15H20N4O2. The minimum Gasteiger partial charge on any atom is -0.397 e. The number of carbonyl (C=O) groups excluding carboxylic acids is 1. The van der Waals surface area contributed by atoms with Crippen LogP contribution in [-0.4, -0.2) is 33.4 Å². The van der Waals surface area contributed by atoms with Crippen LogP contribution in [0.2, 0.25) is 0 Å². The zero-order valence-electron chi connectivity index (χ0n) is 12.0. The number of hydrogen-bond donors (Lipinski definition) is 3. The second kappa shape index (κ2) is 6.90. The fourth-order valence-electron chi connectivity index (χ4n) is 1.92. The third kappa shape index (κ3) is 3.82. The molecule has 1 heterocycles. The molecule has 0 spiro atoms. The Morgan fingerprint density at radius 3 is 2.90 bits per heavy atom. The third-order valence-electron chi connectivity index (χ3n) is 3.24. The van der Waals surface area contributed by atoms with Crippen LogP contribution >= 0.6 is 0 Å². The first kappa shape index (κ1) is 15.1. The Morgan fingerprint density at radius 1 is 1.43 bits per heavy atom. The van der Waals surface area contributed by atoms with Gasteiger partial charge >= 0.3 is 0 Å². The van der Waals surface area contributed by atoms with Crippen LogP contribution in [0.5, 0.6) is 0 Å². The number of nitrogens with zero attached hydrogens (tertiary/aromatic N) is 2. The molecule has 2 aromatic rings. The molecule has 2 rings (SSSR count).